The minimum absolute atomic E-state index is 0.0773. The van der Waals surface area contributed by atoms with Gasteiger partial charge in [0.1, 0.15) is 6.33 Å². The number of likely N-dealkylation sites (N-methyl/N-ethyl adjacent to an activating group) is 1. The molecule has 2 heterocycles. The Kier molecular flexibility index (Phi) is 16.3. The lowest BCUT2D eigenvalue weighted by Crippen LogP contribution is -2.24. The lowest BCUT2D eigenvalue weighted by Gasteiger charge is -2.19. The third-order valence-electron chi connectivity index (χ3n) is 7.23. The van der Waals surface area contributed by atoms with Gasteiger partial charge in [0.2, 0.25) is 5.91 Å². The van der Waals surface area contributed by atoms with E-state index in [4.69, 9.17) is 10.5 Å². The second-order valence-electron chi connectivity index (χ2n) is 11.0. The maximum atomic E-state index is 11.6. The summed E-state index contributed by atoms with van der Waals surface area (Å²) >= 11 is 0. The van der Waals surface area contributed by atoms with E-state index < -0.39 is 6.10 Å². The van der Waals surface area contributed by atoms with E-state index in [1.165, 1.54) is 0 Å². The zero-order chi connectivity index (χ0) is 31.6. The molecule has 0 fully saturated rings. The average Bonchev–Trinajstić information content (AvgIpc) is 3.43. The van der Waals surface area contributed by atoms with Crippen LogP contribution in [0.4, 0.5) is 5.69 Å². The van der Waals surface area contributed by atoms with Crippen LogP contribution in [0.2, 0.25) is 0 Å². The number of aliphatic hydroxyl groups excluding tert-OH is 1. The van der Waals surface area contributed by atoms with Crippen molar-refractivity contribution in [1.82, 2.24) is 35.1 Å². The second kappa shape index (κ2) is 19.6. The van der Waals surface area contributed by atoms with E-state index in [0.29, 0.717) is 49.7 Å². The Labute approximate surface area is 256 Å². The molecular formula is C32H52N8O3. The number of ether oxygens (including phenoxy) is 1. The van der Waals surface area contributed by atoms with Crippen molar-refractivity contribution in [2.45, 2.75) is 65.4 Å². The Hall–Kier alpha value is -3.54. The standard InChI is InChI=1S/C18H29N3O2.C14H23N5O/c1-3-14(9-11-21-18(23)8-5-10-20-2)12-17(22)15-6-4-7-16(19)13-15;1-5-18(4)7-6-8-20-14-15-10-19-13(17-14)12(9-16-19)11(2)3/h4-8,13-14,17,20,22H,3,9-12,19H2,1-2H3,(H,21,23);9-11H,5-8H2,1-4H3/b8-5+;. The summed E-state index contributed by atoms with van der Waals surface area (Å²) in [6.45, 7) is 12.5. The van der Waals surface area contributed by atoms with Crippen LogP contribution in [0.5, 0.6) is 6.01 Å². The molecule has 0 aliphatic heterocycles. The van der Waals surface area contributed by atoms with Crippen LogP contribution in [-0.2, 0) is 4.79 Å². The molecule has 3 rings (SSSR count). The van der Waals surface area contributed by atoms with Crippen LogP contribution in [0.15, 0.2) is 48.9 Å². The number of aromatic nitrogens is 4. The highest BCUT2D eigenvalue weighted by molar-refractivity contribution is 5.87. The quantitative estimate of drug-likeness (QED) is 0.103. The van der Waals surface area contributed by atoms with E-state index in [0.717, 1.165) is 49.1 Å². The Morgan fingerprint density at radius 3 is 2.74 bits per heavy atom. The Morgan fingerprint density at radius 1 is 1.28 bits per heavy atom. The molecule has 1 aromatic carbocycles. The van der Waals surface area contributed by atoms with Gasteiger partial charge in [-0.15, -0.1) is 0 Å². The summed E-state index contributed by atoms with van der Waals surface area (Å²) in [5, 5.41) is 20.4. The Balaban J connectivity index is 0.000000303. The fourth-order valence-corrected chi connectivity index (χ4v) is 4.37. The summed E-state index contributed by atoms with van der Waals surface area (Å²) in [7, 11) is 3.93. The lowest BCUT2D eigenvalue weighted by atomic mass is 9.92. The topological polar surface area (TPSA) is 143 Å². The van der Waals surface area contributed by atoms with Gasteiger partial charge in [0, 0.05) is 37.0 Å². The van der Waals surface area contributed by atoms with Crippen molar-refractivity contribution in [2.75, 3.05) is 52.6 Å². The number of fused-ring (bicyclic) bond motifs is 1. The number of rotatable bonds is 17. The molecule has 2 unspecified atom stereocenters. The lowest BCUT2D eigenvalue weighted by molar-refractivity contribution is -0.116. The van der Waals surface area contributed by atoms with Gasteiger partial charge in [0.05, 0.1) is 18.9 Å². The molecule has 0 radical (unpaired) electrons. The molecule has 238 valence electrons. The Morgan fingerprint density at radius 2 is 2.07 bits per heavy atom. The Bertz CT molecular complexity index is 1250. The summed E-state index contributed by atoms with van der Waals surface area (Å²) in [5.41, 5.74) is 9.21. The molecule has 1 amide bonds. The molecular weight excluding hydrogens is 544 g/mol. The highest BCUT2D eigenvalue weighted by atomic mass is 16.5. The molecule has 0 saturated heterocycles. The van der Waals surface area contributed by atoms with Gasteiger partial charge in [0.15, 0.2) is 5.65 Å². The molecule has 5 N–H and O–H groups in total. The largest absolute Gasteiger partial charge is 0.463 e. The van der Waals surface area contributed by atoms with Crippen LogP contribution in [0, 0.1) is 5.92 Å². The van der Waals surface area contributed by atoms with Crippen molar-refractivity contribution < 1.29 is 14.6 Å². The van der Waals surface area contributed by atoms with Crippen LogP contribution >= 0.6 is 0 Å². The third kappa shape index (κ3) is 13.1. The van der Waals surface area contributed by atoms with E-state index in [9.17, 15) is 9.90 Å². The summed E-state index contributed by atoms with van der Waals surface area (Å²) < 4.78 is 7.31. The molecule has 0 aliphatic rings. The average molecular weight is 597 g/mol. The first kappa shape index (κ1) is 35.7. The summed E-state index contributed by atoms with van der Waals surface area (Å²) in [6, 6.07) is 7.80. The van der Waals surface area contributed by atoms with Crippen molar-refractivity contribution in [3.63, 3.8) is 0 Å². The van der Waals surface area contributed by atoms with Crippen molar-refractivity contribution in [1.29, 1.82) is 0 Å². The van der Waals surface area contributed by atoms with Crippen LogP contribution in [0.3, 0.4) is 0 Å². The maximum absolute atomic E-state index is 11.6. The van der Waals surface area contributed by atoms with E-state index >= 15 is 0 Å². The highest BCUT2D eigenvalue weighted by Crippen LogP contribution is 2.26. The predicted octanol–water partition coefficient (Wildman–Crippen LogP) is 3.97. The highest BCUT2D eigenvalue weighted by Gasteiger charge is 2.15. The molecule has 11 nitrogen and oxygen atoms in total. The number of nitrogens with one attached hydrogen (secondary N) is 2. The molecule has 11 heteroatoms. The van der Waals surface area contributed by atoms with Gasteiger partial charge in [-0.2, -0.15) is 15.1 Å². The second-order valence-corrected chi connectivity index (χ2v) is 11.0. The minimum Gasteiger partial charge on any atom is -0.463 e. The normalized spacial score (nSPS) is 12.9. The molecule has 2 atom stereocenters. The molecule has 43 heavy (non-hydrogen) atoms. The number of carbonyl (C=O) groups is 1. The number of hydrogen-bond donors (Lipinski definition) is 4. The SMILES string of the molecule is CCC(CCNC(=O)/C=C/CNC)CC(O)c1cccc(N)c1.CCN(C)CCCOc1ncn2ncc(C(C)C)c2n1. The van der Waals surface area contributed by atoms with Crippen molar-refractivity contribution in [3.8, 4) is 6.01 Å². The number of nitrogens with zero attached hydrogens (tertiary/aromatic N) is 5. The van der Waals surface area contributed by atoms with Gasteiger partial charge in [-0.3, -0.25) is 4.79 Å². The van der Waals surface area contributed by atoms with E-state index in [-0.39, 0.29) is 5.91 Å². The summed E-state index contributed by atoms with van der Waals surface area (Å²) in [6.07, 6.45) is 9.76. The van der Waals surface area contributed by atoms with E-state index in [2.05, 4.69) is 65.3 Å². The summed E-state index contributed by atoms with van der Waals surface area (Å²) in [5.74, 6) is 0.660. The first-order valence-corrected chi connectivity index (χ1v) is 15.3. The maximum Gasteiger partial charge on any atom is 0.319 e. The number of benzene rings is 1. The number of anilines is 1. The molecule has 2 aromatic heterocycles. The number of hydrogen-bond acceptors (Lipinski definition) is 9. The van der Waals surface area contributed by atoms with Gasteiger partial charge in [-0.1, -0.05) is 52.3 Å². The number of nitrogen functional groups attached to an aromatic ring is 1. The molecule has 0 spiro atoms. The molecule has 0 bridgehead atoms. The van der Waals surface area contributed by atoms with Crippen LogP contribution in [-0.4, -0.2) is 82.4 Å². The van der Waals surface area contributed by atoms with E-state index in [1.807, 2.05) is 37.5 Å². The fourth-order valence-electron chi connectivity index (χ4n) is 4.37. The molecule has 3 aromatic rings. The van der Waals surface area contributed by atoms with Crippen molar-refractivity contribution >= 4 is 17.2 Å². The first-order valence-electron chi connectivity index (χ1n) is 15.3. The predicted molar refractivity (Wildman–Crippen MR) is 173 cm³/mol. The fraction of sp³-hybridized carbons (Fsp3) is 0.562. The smallest absolute Gasteiger partial charge is 0.319 e. The van der Waals surface area contributed by atoms with E-state index in [1.54, 1.807) is 23.0 Å². The van der Waals surface area contributed by atoms with Gasteiger partial charge >= 0.3 is 6.01 Å². The number of nitrogens with two attached hydrogens (primary N) is 1. The van der Waals surface area contributed by atoms with Crippen molar-refractivity contribution in [3.05, 3.63) is 60.1 Å². The number of aliphatic hydroxyl groups is 1. The van der Waals surface area contributed by atoms with Crippen molar-refractivity contribution in [2.24, 2.45) is 5.92 Å². The monoisotopic (exact) mass is 596 g/mol. The van der Waals surface area contributed by atoms with Crippen LogP contribution < -0.4 is 21.1 Å². The van der Waals surface area contributed by atoms with Gasteiger partial charge in [0.25, 0.3) is 0 Å². The minimum atomic E-state index is -0.519. The van der Waals surface area contributed by atoms with Crippen LogP contribution in [0.1, 0.15) is 76.5 Å². The van der Waals surface area contributed by atoms with Gasteiger partial charge in [-0.05, 0) is 69.4 Å². The number of amides is 1. The third-order valence-corrected chi connectivity index (χ3v) is 7.23. The molecule has 0 saturated carbocycles. The molecule has 0 aliphatic carbocycles. The summed E-state index contributed by atoms with van der Waals surface area (Å²) in [4.78, 5) is 22.4. The van der Waals surface area contributed by atoms with Crippen LogP contribution in [0.25, 0.3) is 5.65 Å². The zero-order valence-electron chi connectivity index (χ0n) is 26.8. The zero-order valence-corrected chi connectivity index (χ0v) is 26.8. The van der Waals surface area contributed by atoms with Gasteiger partial charge < -0.3 is 31.1 Å². The number of carbonyl (C=O) groups excluding carboxylic acids is 1. The first-order chi connectivity index (χ1) is 20.7. The van der Waals surface area contributed by atoms with Gasteiger partial charge in [-0.25, -0.2) is 4.52 Å².